The van der Waals surface area contributed by atoms with Gasteiger partial charge in [0.2, 0.25) is 0 Å². The van der Waals surface area contributed by atoms with Crippen LogP contribution in [0.15, 0.2) is 34.9 Å². The van der Waals surface area contributed by atoms with E-state index in [0.717, 1.165) is 31.3 Å². The Labute approximate surface area is 162 Å². The molecular weight excluding hydrogens is 396 g/mol. The summed E-state index contributed by atoms with van der Waals surface area (Å²) >= 11 is 0. The molecule has 164 valence electrons. The lowest BCUT2D eigenvalue weighted by Crippen LogP contribution is -2.19. The van der Waals surface area contributed by atoms with Gasteiger partial charge in [-0.3, -0.25) is 8.88 Å². The van der Waals surface area contributed by atoms with Crippen molar-refractivity contribution < 1.29 is 32.6 Å². The van der Waals surface area contributed by atoms with Gasteiger partial charge in [-0.25, -0.2) is 0 Å². The normalized spacial score (nSPS) is 14.2. The number of hydrogen-bond acceptors (Lipinski definition) is 8. The van der Waals surface area contributed by atoms with Gasteiger partial charge in [0.15, 0.2) is 0 Å². The third-order valence-electron chi connectivity index (χ3n) is 2.99. The van der Waals surface area contributed by atoms with Crippen LogP contribution in [0, 0.1) is 0 Å². The molecule has 0 fully saturated rings. The molecule has 0 heterocycles. The maximum atomic E-state index is 11.0. The summed E-state index contributed by atoms with van der Waals surface area (Å²) in [7, 11) is -10.8. The fourth-order valence-electron chi connectivity index (χ4n) is 1.76. The van der Waals surface area contributed by atoms with Crippen LogP contribution in [0.1, 0.15) is 53.4 Å². The number of quaternary nitrogens is 2. The Morgan fingerprint density at radius 1 is 0.852 bits per heavy atom. The van der Waals surface area contributed by atoms with Crippen LogP contribution in [0.3, 0.4) is 0 Å². The van der Waals surface area contributed by atoms with Gasteiger partial charge in [-0.05, 0) is 53.4 Å². The lowest BCUT2D eigenvalue weighted by Gasteiger charge is -2.34. The largest absolute Gasteiger partial charge is 0.790 e. The Hall–Kier alpha value is -0.640. The van der Waals surface area contributed by atoms with Gasteiger partial charge in [-0.15, -0.1) is 0 Å². The van der Waals surface area contributed by atoms with Crippen LogP contribution in [0.25, 0.3) is 0 Å². The summed E-state index contributed by atoms with van der Waals surface area (Å²) in [5.41, 5.74) is 3.47. The molecule has 0 aromatic rings. The number of allylic oxidation sites excluding steroid dienone is 5. The predicted molar refractivity (Wildman–Crippen MR) is 105 cm³/mol. The lowest BCUT2D eigenvalue weighted by molar-refractivity contribution is -0.339. The number of rotatable bonds is 11. The molecule has 0 aliphatic rings. The van der Waals surface area contributed by atoms with Crippen molar-refractivity contribution in [3.8, 4) is 0 Å². The minimum absolute atomic E-state index is 0. The third kappa shape index (κ3) is 23.3. The second-order valence-corrected chi connectivity index (χ2v) is 8.43. The summed E-state index contributed by atoms with van der Waals surface area (Å²) in [4.78, 5) is 31.5. The average Bonchev–Trinajstić information content (AvgIpc) is 2.34. The van der Waals surface area contributed by atoms with Crippen molar-refractivity contribution in [3.05, 3.63) is 34.9 Å². The molecule has 10 nitrogen and oxygen atoms in total. The molecular formula is C15H36N3O7P2-. The lowest BCUT2D eigenvalue weighted by atomic mass is 10.1. The number of phosphoric ester groups is 1. The van der Waals surface area contributed by atoms with Gasteiger partial charge in [-0.2, -0.15) is 0 Å². The van der Waals surface area contributed by atoms with Gasteiger partial charge in [0.25, 0.3) is 7.82 Å². The van der Waals surface area contributed by atoms with Crippen molar-refractivity contribution in [2.24, 2.45) is 0 Å². The number of hydrogen-bond donors (Lipinski definition) is 3. The van der Waals surface area contributed by atoms with Crippen LogP contribution in [-0.2, 0) is 18.0 Å². The highest BCUT2D eigenvalue weighted by molar-refractivity contribution is 7.58. The van der Waals surface area contributed by atoms with E-state index in [2.05, 4.69) is 41.8 Å². The first kappa shape index (κ1) is 33.9. The monoisotopic (exact) mass is 432 g/mol. The maximum absolute atomic E-state index is 11.0. The Bertz CT molecular complexity index is 582. The molecule has 27 heavy (non-hydrogen) atoms. The Balaban J connectivity index is -0.000000882. The standard InChI is InChI=1S/C15H28O7P2.3H3N/c1-13(2)7-5-8-14(3)9-6-10-15(4)11-12-21-24(19,20)22-23(16,17)18;;;/h7,9,11H,5-6,8,10,12H2,1-4H3,(H,19,20)(H2,16,17,18);3*1H3/p-1/b14-9+,15-11+;;;. The SMILES string of the molecule is CC(C)=CCC/C(C)=C/CC/C(C)=C/COP(=O)([O-])OP(=O)([O-])[O-].N.[NH4+].[NH4+]. The van der Waals surface area contributed by atoms with Gasteiger partial charge in [0.1, 0.15) is 0 Å². The summed E-state index contributed by atoms with van der Waals surface area (Å²) in [6.07, 6.45) is 9.35. The summed E-state index contributed by atoms with van der Waals surface area (Å²) in [5, 5.41) is 0. The van der Waals surface area contributed by atoms with E-state index >= 15 is 0 Å². The topological polar surface area (TPSA) is 230 Å². The van der Waals surface area contributed by atoms with Crippen LogP contribution < -0.4 is 33.1 Å². The second kappa shape index (κ2) is 16.3. The average molecular weight is 432 g/mol. The van der Waals surface area contributed by atoms with E-state index in [1.54, 1.807) is 6.92 Å². The van der Waals surface area contributed by atoms with Crippen LogP contribution in [0.2, 0.25) is 0 Å². The zero-order chi connectivity index (χ0) is 18.8. The van der Waals surface area contributed by atoms with Crippen LogP contribution in [0.5, 0.6) is 0 Å². The van der Waals surface area contributed by atoms with Crippen molar-refractivity contribution in [1.82, 2.24) is 18.5 Å². The van der Waals surface area contributed by atoms with Crippen LogP contribution in [0.4, 0.5) is 0 Å². The maximum Gasteiger partial charge on any atom is 0.272 e. The molecule has 0 aliphatic carbocycles. The molecule has 0 radical (unpaired) electrons. The highest BCUT2D eigenvalue weighted by Gasteiger charge is 2.10. The molecule has 12 heteroatoms. The molecule has 0 saturated heterocycles. The van der Waals surface area contributed by atoms with Crippen molar-refractivity contribution >= 4 is 15.6 Å². The fraction of sp³-hybridized carbons (Fsp3) is 0.600. The van der Waals surface area contributed by atoms with E-state index in [-0.39, 0.29) is 25.1 Å². The Kier molecular flexibility index (Phi) is 20.5. The summed E-state index contributed by atoms with van der Waals surface area (Å²) in [6.45, 7) is 7.62. The molecule has 0 aliphatic heterocycles. The van der Waals surface area contributed by atoms with E-state index in [1.165, 1.54) is 17.2 Å². The van der Waals surface area contributed by atoms with Crippen LogP contribution in [-0.4, -0.2) is 6.61 Å². The van der Waals surface area contributed by atoms with E-state index in [4.69, 9.17) is 0 Å². The molecule has 0 saturated carbocycles. The predicted octanol–water partition coefficient (Wildman–Crippen LogP) is 3.65. The van der Waals surface area contributed by atoms with Gasteiger partial charge >= 0.3 is 0 Å². The van der Waals surface area contributed by atoms with Gasteiger partial charge in [0, 0.05) is 0 Å². The van der Waals surface area contributed by atoms with E-state index in [0.29, 0.717) is 0 Å². The minimum Gasteiger partial charge on any atom is -0.790 e. The third-order valence-corrected chi connectivity index (χ3v) is 5.05. The highest BCUT2D eigenvalue weighted by Crippen LogP contribution is 2.50. The molecule has 0 aromatic carbocycles. The van der Waals surface area contributed by atoms with E-state index in [1.807, 2.05) is 0 Å². The first-order valence-corrected chi connectivity index (χ1v) is 10.5. The molecule has 0 aromatic heterocycles. The van der Waals surface area contributed by atoms with E-state index in [9.17, 15) is 23.8 Å². The van der Waals surface area contributed by atoms with Gasteiger partial charge < -0.3 is 42.2 Å². The van der Waals surface area contributed by atoms with Gasteiger partial charge in [-0.1, -0.05) is 34.9 Å². The zero-order valence-electron chi connectivity index (χ0n) is 17.2. The molecule has 0 bridgehead atoms. The zero-order valence-corrected chi connectivity index (χ0v) is 19.0. The molecule has 11 N–H and O–H groups in total. The van der Waals surface area contributed by atoms with Crippen LogP contribution >= 0.6 is 15.6 Å². The Morgan fingerprint density at radius 2 is 1.30 bits per heavy atom. The smallest absolute Gasteiger partial charge is 0.272 e. The Morgan fingerprint density at radius 3 is 1.74 bits per heavy atom. The fourth-order valence-corrected chi connectivity index (χ4v) is 3.18. The van der Waals surface area contributed by atoms with Crippen molar-refractivity contribution in [2.45, 2.75) is 53.4 Å². The van der Waals surface area contributed by atoms with E-state index < -0.39 is 15.6 Å². The van der Waals surface area contributed by atoms with Crippen molar-refractivity contribution in [2.75, 3.05) is 6.61 Å². The molecule has 0 amide bonds. The number of phosphoric acid groups is 2. The summed E-state index contributed by atoms with van der Waals surface area (Å²) < 4.78 is 28.9. The molecule has 0 spiro atoms. The summed E-state index contributed by atoms with van der Waals surface area (Å²) in [6, 6.07) is 0. The summed E-state index contributed by atoms with van der Waals surface area (Å²) in [5.74, 6) is 0. The van der Waals surface area contributed by atoms with Crippen molar-refractivity contribution in [3.63, 3.8) is 0 Å². The molecule has 1 unspecified atom stereocenters. The minimum atomic E-state index is -5.63. The first-order valence-electron chi connectivity index (χ1n) is 7.55. The second-order valence-electron chi connectivity index (χ2n) is 5.73. The quantitative estimate of drug-likeness (QED) is 0.321. The first-order chi connectivity index (χ1) is 10.9. The van der Waals surface area contributed by atoms with Crippen molar-refractivity contribution in [1.29, 1.82) is 0 Å². The molecule has 1 atom stereocenters. The highest BCUT2D eigenvalue weighted by atomic mass is 31.3. The van der Waals surface area contributed by atoms with Gasteiger partial charge in [0.05, 0.1) is 14.4 Å². The molecule has 0 rings (SSSR count).